The monoisotopic (exact) mass is 233 g/mol. The van der Waals surface area contributed by atoms with Crippen LogP contribution in [0.2, 0.25) is 0 Å². The smallest absolute Gasteiger partial charge is 0.0784 e. The number of methoxy groups -OCH3 is 1. The Kier molecular flexibility index (Phi) is 7.05. The number of nitrogens with two attached hydrogens (primary N) is 1. The third-order valence-corrected chi connectivity index (χ3v) is 2.97. The third kappa shape index (κ3) is 6.82. The molecular formula is C11H23NO2S. The van der Waals surface area contributed by atoms with Crippen LogP contribution in [0.4, 0.5) is 0 Å². The minimum atomic E-state index is -0.0663. The van der Waals surface area contributed by atoms with Crippen LogP contribution in [0.5, 0.6) is 0 Å². The van der Waals surface area contributed by atoms with E-state index in [2.05, 4.69) is 13.8 Å². The summed E-state index contributed by atoms with van der Waals surface area (Å²) in [6.45, 7) is 7.50. The molecule has 0 fully saturated rings. The summed E-state index contributed by atoms with van der Waals surface area (Å²) in [6.07, 6.45) is 2.09. The maximum Gasteiger partial charge on any atom is 0.0784 e. The highest BCUT2D eigenvalue weighted by Crippen LogP contribution is 2.22. The first-order valence-corrected chi connectivity index (χ1v) is 5.71. The summed E-state index contributed by atoms with van der Waals surface area (Å²) in [6, 6.07) is 0. The largest absolute Gasteiger partial charge is 0.393 e. The zero-order valence-electron chi connectivity index (χ0n) is 10.2. The average Bonchev–Trinajstić information content (AvgIpc) is 2.13. The molecule has 1 unspecified atom stereocenters. The van der Waals surface area contributed by atoms with Gasteiger partial charge in [-0.3, -0.25) is 0 Å². The Morgan fingerprint density at radius 3 is 2.53 bits per heavy atom. The second-order valence-corrected chi connectivity index (χ2v) is 4.93. The van der Waals surface area contributed by atoms with Crippen LogP contribution >= 0.6 is 12.2 Å². The first kappa shape index (κ1) is 14.8. The highest BCUT2D eigenvalue weighted by atomic mass is 32.1. The van der Waals surface area contributed by atoms with Gasteiger partial charge in [0.25, 0.3) is 0 Å². The van der Waals surface area contributed by atoms with Crippen molar-refractivity contribution in [3.63, 3.8) is 0 Å². The maximum absolute atomic E-state index is 5.63. The molecule has 0 rings (SSSR count). The highest BCUT2D eigenvalue weighted by molar-refractivity contribution is 7.80. The van der Waals surface area contributed by atoms with Gasteiger partial charge in [-0.2, -0.15) is 0 Å². The van der Waals surface area contributed by atoms with Crippen molar-refractivity contribution >= 4 is 17.2 Å². The summed E-state index contributed by atoms with van der Waals surface area (Å²) < 4.78 is 10.5. The molecule has 15 heavy (non-hydrogen) atoms. The van der Waals surface area contributed by atoms with Gasteiger partial charge < -0.3 is 15.2 Å². The molecule has 0 saturated heterocycles. The second-order valence-electron chi connectivity index (χ2n) is 4.49. The first-order chi connectivity index (χ1) is 6.90. The summed E-state index contributed by atoms with van der Waals surface area (Å²) >= 11 is 4.99. The Hall–Kier alpha value is -0.190. The Bertz CT molecular complexity index is 195. The van der Waals surface area contributed by atoms with Crippen molar-refractivity contribution in [1.29, 1.82) is 0 Å². The number of ether oxygens (including phenoxy) is 2. The summed E-state index contributed by atoms with van der Waals surface area (Å²) in [4.78, 5) is 0.576. The fourth-order valence-corrected chi connectivity index (χ4v) is 1.31. The summed E-state index contributed by atoms with van der Waals surface area (Å²) in [5, 5.41) is 0. The Labute approximate surface area is 98.3 Å². The Morgan fingerprint density at radius 2 is 2.07 bits per heavy atom. The first-order valence-electron chi connectivity index (χ1n) is 5.30. The molecule has 2 N–H and O–H groups in total. The molecule has 0 saturated carbocycles. The van der Waals surface area contributed by atoms with Crippen LogP contribution in [0.25, 0.3) is 0 Å². The number of thiocarbonyl (C=S) groups is 1. The molecule has 0 aliphatic heterocycles. The molecule has 0 aromatic carbocycles. The van der Waals surface area contributed by atoms with Gasteiger partial charge in [-0.25, -0.2) is 0 Å². The minimum absolute atomic E-state index is 0.0663. The lowest BCUT2D eigenvalue weighted by molar-refractivity contribution is 0.00637. The van der Waals surface area contributed by atoms with Gasteiger partial charge in [0, 0.05) is 19.1 Å². The molecule has 90 valence electrons. The summed E-state index contributed by atoms with van der Waals surface area (Å²) in [7, 11) is 1.68. The van der Waals surface area contributed by atoms with Crippen molar-refractivity contribution in [3.8, 4) is 0 Å². The lowest BCUT2D eigenvalue weighted by atomic mass is 9.88. The molecule has 0 aliphatic rings. The molecule has 0 heterocycles. The maximum atomic E-state index is 5.63. The van der Waals surface area contributed by atoms with E-state index in [1.807, 2.05) is 6.92 Å². The van der Waals surface area contributed by atoms with Crippen LogP contribution in [-0.4, -0.2) is 31.4 Å². The van der Waals surface area contributed by atoms with Gasteiger partial charge in [-0.05, 0) is 19.8 Å². The molecule has 4 heteroatoms. The molecular weight excluding hydrogens is 210 g/mol. The second kappa shape index (κ2) is 7.14. The topological polar surface area (TPSA) is 44.5 Å². The predicted molar refractivity (Wildman–Crippen MR) is 67.1 cm³/mol. The van der Waals surface area contributed by atoms with Crippen molar-refractivity contribution in [2.45, 2.75) is 39.7 Å². The molecule has 1 atom stereocenters. The molecule has 0 aliphatic carbocycles. The Balaban J connectivity index is 3.58. The minimum Gasteiger partial charge on any atom is -0.393 e. The van der Waals surface area contributed by atoms with Crippen LogP contribution in [0.15, 0.2) is 0 Å². The van der Waals surface area contributed by atoms with E-state index < -0.39 is 0 Å². The van der Waals surface area contributed by atoms with E-state index in [9.17, 15) is 0 Å². The van der Waals surface area contributed by atoms with Gasteiger partial charge in [0.05, 0.1) is 17.7 Å². The number of hydrogen-bond donors (Lipinski definition) is 1. The number of hydrogen-bond acceptors (Lipinski definition) is 3. The quantitative estimate of drug-likeness (QED) is 0.515. The van der Waals surface area contributed by atoms with Crippen molar-refractivity contribution in [3.05, 3.63) is 0 Å². The summed E-state index contributed by atoms with van der Waals surface area (Å²) in [5.41, 5.74) is 5.56. The van der Waals surface area contributed by atoms with Gasteiger partial charge >= 0.3 is 0 Å². The van der Waals surface area contributed by atoms with Crippen LogP contribution < -0.4 is 5.73 Å². The van der Waals surface area contributed by atoms with Crippen LogP contribution in [-0.2, 0) is 9.47 Å². The normalized spacial score (nSPS) is 13.9. The fraction of sp³-hybridized carbons (Fsp3) is 0.909. The fourth-order valence-electron chi connectivity index (χ4n) is 1.20. The molecule has 0 aromatic heterocycles. The molecule has 0 bridgehead atoms. The zero-order chi connectivity index (χ0) is 11.9. The van der Waals surface area contributed by atoms with E-state index in [-0.39, 0.29) is 11.5 Å². The molecule has 0 amide bonds. The van der Waals surface area contributed by atoms with Crippen LogP contribution in [0.3, 0.4) is 0 Å². The van der Waals surface area contributed by atoms with Gasteiger partial charge in [-0.15, -0.1) is 0 Å². The van der Waals surface area contributed by atoms with Crippen molar-refractivity contribution < 1.29 is 9.47 Å². The van der Waals surface area contributed by atoms with Gasteiger partial charge in [0.1, 0.15) is 0 Å². The molecule has 0 aromatic rings. The van der Waals surface area contributed by atoms with E-state index in [1.165, 1.54) is 0 Å². The molecule has 0 spiro atoms. The molecule has 3 nitrogen and oxygen atoms in total. The van der Waals surface area contributed by atoms with E-state index in [1.54, 1.807) is 7.11 Å². The van der Waals surface area contributed by atoms with E-state index in [0.29, 0.717) is 11.6 Å². The standard InChI is InChI=1S/C11H23NO2S/c1-9(8-13-4)14-7-5-6-11(2,3)10(12)15/h9H,5-8H2,1-4H3,(H2,12,15). The third-order valence-electron chi connectivity index (χ3n) is 2.42. The SMILES string of the molecule is COCC(C)OCCCC(C)(C)C(N)=S. The van der Waals surface area contributed by atoms with E-state index in [0.717, 1.165) is 19.4 Å². The van der Waals surface area contributed by atoms with Gasteiger partial charge in [0.15, 0.2) is 0 Å². The summed E-state index contributed by atoms with van der Waals surface area (Å²) in [5.74, 6) is 0. The Morgan fingerprint density at radius 1 is 1.47 bits per heavy atom. The molecule has 0 radical (unpaired) electrons. The zero-order valence-corrected chi connectivity index (χ0v) is 11.0. The lowest BCUT2D eigenvalue weighted by Gasteiger charge is -2.23. The van der Waals surface area contributed by atoms with E-state index in [4.69, 9.17) is 27.4 Å². The average molecular weight is 233 g/mol. The highest BCUT2D eigenvalue weighted by Gasteiger charge is 2.20. The van der Waals surface area contributed by atoms with Crippen LogP contribution in [0.1, 0.15) is 33.6 Å². The van der Waals surface area contributed by atoms with Crippen molar-refractivity contribution in [2.75, 3.05) is 20.3 Å². The van der Waals surface area contributed by atoms with Crippen LogP contribution in [0, 0.1) is 5.41 Å². The van der Waals surface area contributed by atoms with Gasteiger partial charge in [-0.1, -0.05) is 26.1 Å². The van der Waals surface area contributed by atoms with Crippen molar-refractivity contribution in [1.82, 2.24) is 0 Å². The van der Waals surface area contributed by atoms with Crippen molar-refractivity contribution in [2.24, 2.45) is 11.1 Å². The van der Waals surface area contributed by atoms with Gasteiger partial charge in [0.2, 0.25) is 0 Å². The predicted octanol–water partition coefficient (Wildman–Crippen LogP) is 2.13. The lowest BCUT2D eigenvalue weighted by Crippen LogP contribution is -2.30. The van der Waals surface area contributed by atoms with E-state index >= 15 is 0 Å². The number of rotatable bonds is 8.